The van der Waals surface area contributed by atoms with Crippen LogP contribution in [0.3, 0.4) is 0 Å². The summed E-state index contributed by atoms with van der Waals surface area (Å²) in [4.78, 5) is 14.7. The second-order valence-corrected chi connectivity index (χ2v) is 7.46. The van der Waals surface area contributed by atoms with Crippen LogP contribution in [0.15, 0.2) is 59.1 Å². The molecule has 0 amide bonds. The number of benzene rings is 2. The Morgan fingerprint density at radius 2 is 2.03 bits per heavy atom. The molecule has 1 aliphatic rings. The molecule has 0 saturated carbocycles. The summed E-state index contributed by atoms with van der Waals surface area (Å²) >= 11 is 3.49. The van der Waals surface area contributed by atoms with Crippen LogP contribution in [0.25, 0.3) is 0 Å². The lowest BCUT2D eigenvalue weighted by atomic mass is 10.1. The van der Waals surface area contributed by atoms with Gasteiger partial charge in [0.15, 0.2) is 0 Å². The van der Waals surface area contributed by atoms with Gasteiger partial charge in [0.05, 0.1) is 6.61 Å². The number of pyridine rings is 1. The minimum atomic E-state index is -0.547. The minimum absolute atomic E-state index is 0.0921. The minimum Gasteiger partial charge on any atom is -0.481 e. The van der Waals surface area contributed by atoms with Gasteiger partial charge in [-0.25, -0.2) is 0 Å². The number of hydrogen-bond donors (Lipinski definition) is 0. The van der Waals surface area contributed by atoms with Crippen molar-refractivity contribution in [1.29, 1.82) is 0 Å². The van der Waals surface area contributed by atoms with E-state index in [0.717, 1.165) is 21.2 Å². The molecule has 1 aromatic heterocycles. The van der Waals surface area contributed by atoms with Gasteiger partial charge >= 0.3 is 5.82 Å². The molecule has 0 N–H and O–H groups in total. The average Bonchev–Trinajstić information content (AvgIpc) is 2.72. The third-order valence-corrected chi connectivity index (χ3v) is 4.89. The first-order chi connectivity index (χ1) is 14.0. The van der Waals surface area contributed by atoms with E-state index in [9.17, 15) is 10.1 Å². The fraction of sp³-hybridized carbons (Fsp3) is 0.190. The number of hydrogen-bond acceptors (Lipinski definition) is 6. The van der Waals surface area contributed by atoms with Gasteiger partial charge in [-0.2, -0.15) is 0 Å². The van der Waals surface area contributed by atoms with Crippen LogP contribution in [-0.2, 0) is 18.0 Å². The van der Waals surface area contributed by atoms with E-state index in [0.29, 0.717) is 18.1 Å². The van der Waals surface area contributed by atoms with Gasteiger partial charge < -0.3 is 24.3 Å². The van der Waals surface area contributed by atoms with E-state index in [1.807, 2.05) is 42.5 Å². The van der Waals surface area contributed by atoms with Gasteiger partial charge in [-0.1, -0.05) is 46.3 Å². The molecule has 29 heavy (non-hydrogen) atoms. The maximum Gasteiger partial charge on any atom is 0.406 e. The molecule has 7 nitrogen and oxygen atoms in total. The lowest BCUT2D eigenvalue weighted by molar-refractivity contribution is -0.390. The second kappa shape index (κ2) is 8.18. The highest BCUT2D eigenvalue weighted by atomic mass is 79.9. The van der Waals surface area contributed by atoms with Gasteiger partial charge in [0.1, 0.15) is 18.1 Å². The lowest BCUT2D eigenvalue weighted by Gasteiger charge is -2.28. The van der Waals surface area contributed by atoms with Crippen LogP contribution in [-0.4, -0.2) is 9.91 Å². The predicted octanol–water partition coefficient (Wildman–Crippen LogP) is 5.25. The molecule has 1 aliphatic heterocycles. The number of aryl methyl sites for hydroxylation is 1. The molecule has 0 bridgehead atoms. The number of aromatic nitrogens is 1. The summed E-state index contributed by atoms with van der Waals surface area (Å²) in [6.07, 6.45) is -0.529. The highest BCUT2D eigenvalue weighted by molar-refractivity contribution is 9.10. The Bertz CT molecular complexity index is 1060. The molecule has 8 heteroatoms. The first kappa shape index (κ1) is 19.4. The van der Waals surface area contributed by atoms with Gasteiger partial charge in [0, 0.05) is 28.1 Å². The molecule has 1 atom stereocenters. The van der Waals surface area contributed by atoms with Crippen molar-refractivity contribution in [3.8, 4) is 11.5 Å². The number of rotatable bonds is 5. The summed E-state index contributed by atoms with van der Waals surface area (Å²) in [5.74, 6) is 0.470. The maximum absolute atomic E-state index is 11.3. The van der Waals surface area contributed by atoms with Crippen LogP contribution in [0, 0.1) is 17.0 Å². The van der Waals surface area contributed by atoms with E-state index in [-0.39, 0.29) is 18.2 Å². The average molecular weight is 457 g/mol. The van der Waals surface area contributed by atoms with E-state index in [1.54, 1.807) is 19.1 Å². The molecular formula is C21H17BrN2O5. The van der Waals surface area contributed by atoms with Crippen LogP contribution in [0.4, 0.5) is 5.82 Å². The van der Waals surface area contributed by atoms with Gasteiger partial charge in [0.25, 0.3) is 0 Å². The van der Waals surface area contributed by atoms with E-state index in [4.69, 9.17) is 14.2 Å². The number of halogens is 1. The number of nitro groups is 1. The van der Waals surface area contributed by atoms with Crippen LogP contribution in [0.1, 0.15) is 28.7 Å². The maximum atomic E-state index is 11.3. The Kier molecular flexibility index (Phi) is 5.46. The van der Waals surface area contributed by atoms with Gasteiger partial charge in [-0.15, -0.1) is 0 Å². The number of nitrogens with zero attached hydrogens (tertiary/aromatic N) is 2. The lowest BCUT2D eigenvalue weighted by Crippen LogP contribution is -2.19. The van der Waals surface area contributed by atoms with Crippen molar-refractivity contribution >= 4 is 21.7 Å². The van der Waals surface area contributed by atoms with E-state index in [2.05, 4.69) is 20.9 Å². The Morgan fingerprint density at radius 1 is 1.24 bits per heavy atom. The summed E-state index contributed by atoms with van der Waals surface area (Å²) in [6, 6.07) is 16.7. The molecule has 0 radical (unpaired) electrons. The fourth-order valence-electron chi connectivity index (χ4n) is 3.09. The van der Waals surface area contributed by atoms with Crippen molar-refractivity contribution in [2.45, 2.75) is 26.4 Å². The number of ether oxygens (including phenoxy) is 3. The Balaban J connectivity index is 1.61. The van der Waals surface area contributed by atoms with Gasteiger partial charge in [-0.3, -0.25) is 0 Å². The van der Waals surface area contributed by atoms with Crippen molar-refractivity contribution in [3.63, 3.8) is 0 Å². The second-order valence-electron chi connectivity index (χ2n) is 6.54. The Labute approximate surface area is 175 Å². The molecule has 0 fully saturated rings. The summed E-state index contributed by atoms with van der Waals surface area (Å²) < 4.78 is 18.6. The smallest absolute Gasteiger partial charge is 0.406 e. The van der Waals surface area contributed by atoms with E-state index >= 15 is 0 Å². The van der Waals surface area contributed by atoms with Crippen LogP contribution < -0.4 is 9.47 Å². The van der Waals surface area contributed by atoms with Crippen molar-refractivity contribution in [2.24, 2.45) is 0 Å². The summed E-state index contributed by atoms with van der Waals surface area (Å²) in [5.41, 5.74) is 3.09. The molecule has 2 heterocycles. The summed E-state index contributed by atoms with van der Waals surface area (Å²) in [6.45, 7) is 2.17. The molecule has 0 saturated heterocycles. The Morgan fingerprint density at radius 3 is 2.79 bits per heavy atom. The molecule has 0 spiro atoms. The normalized spacial score (nSPS) is 15.3. The van der Waals surface area contributed by atoms with Gasteiger partial charge in [-0.05, 0) is 34.2 Å². The molecule has 2 aromatic carbocycles. The zero-order chi connectivity index (χ0) is 20.4. The summed E-state index contributed by atoms with van der Waals surface area (Å²) in [7, 11) is 0. The van der Waals surface area contributed by atoms with E-state index < -0.39 is 11.2 Å². The number of fused-ring (bicyclic) bond motifs is 1. The molecule has 148 valence electrons. The highest BCUT2D eigenvalue weighted by Crippen LogP contribution is 2.38. The first-order valence-electron chi connectivity index (χ1n) is 8.90. The summed E-state index contributed by atoms with van der Waals surface area (Å²) in [5, 5.41) is 11.3. The third kappa shape index (κ3) is 4.23. The molecular weight excluding hydrogens is 440 g/mol. The topological polar surface area (TPSA) is 83.7 Å². The molecule has 0 aliphatic carbocycles. The fourth-order valence-corrected chi connectivity index (χ4v) is 3.64. The van der Waals surface area contributed by atoms with Crippen molar-refractivity contribution in [2.75, 3.05) is 0 Å². The molecule has 1 unspecified atom stereocenters. The zero-order valence-electron chi connectivity index (χ0n) is 15.5. The molecule has 4 rings (SSSR count). The van der Waals surface area contributed by atoms with Crippen molar-refractivity contribution < 1.29 is 19.1 Å². The largest absolute Gasteiger partial charge is 0.481 e. The van der Waals surface area contributed by atoms with Crippen LogP contribution in [0.2, 0.25) is 0 Å². The first-order valence-corrected chi connectivity index (χ1v) is 9.70. The monoisotopic (exact) mass is 456 g/mol. The standard InChI is InChI=1S/C21H17BrN2O5/c1-13-7-8-18(20(23-13)24(25)26)27-11-15-9-17(22)10-16-12-28-21(29-19(15)16)14-5-3-2-4-6-14/h2-10,21H,11-12H2,1H3. The SMILES string of the molecule is Cc1ccc(OCc2cc(Br)cc3c2OC(c2ccccc2)OC3)c([N+](=O)[O-])n1. The zero-order valence-corrected chi connectivity index (χ0v) is 17.1. The molecule has 3 aromatic rings. The highest BCUT2D eigenvalue weighted by Gasteiger charge is 2.26. The predicted molar refractivity (Wildman–Crippen MR) is 109 cm³/mol. The van der Waals surface area contributed by atoms with Gasteiger partial charge in [0.2, 0.25) is 12.0 Å². The quantitative estimate of drug-likeness (QED) is 0.385. The van der Waals surface area contributed by atoms with Crippen LogP contribution >= 0.6 is 15.9 Å². The van der Waals surface area contributed by atoms with Crippen LogP contribution in [0.5, 0.6) is 11.5 Å². The van der Waals surface area contributed by atoms with Crippen molar-refractivity contribution in [3.05, 3.63) is 91.6 Å². The van der Waals surface area contributed by atoms with E-state index in [1.165, 1.54) is 0 Å². The third-order valence-electron chi connectivity index (χ3n) is 4.43. The Hall–Kier alpha value is -2.97. The van der Waals surface area contributed by atoms with Crippen molar-refractivity contribution in [1.82, 2.24) is 4.98 Å².